The predicted molar refractivity (Wildman–Crippen MR) is 114 cm³/mol. The maximum atomic E-state index is 2.67. The first kappa shape index (κ1) is 18.9. The average Bonchev–Trinajstić information content (AvgIpc) is 3.20. The van der Waals surface area contributed by atoms with Crippen LogP contribution in [0.1, 0.15) is 70.3 Å². The molecule has 4 atom stereocenters. The van der Waals surface area contributed by atoms with Gasteiger partial charge in [0.2, 0.25) is 0 Å². The van der Waals surface area contributed by atoms with E-state index >= 15 is 0 Å². The molecule has 1 aromatic carbocycles. The van der Waals surface area contributed by atoms with Gasteiger partial charge in [-0.2, -0.15) is 0 Å². The van der Waals surface area contributed by atoms with Crippen LogP contribution in [0.2, 0.25) is 0 Å². The molecule has 2 heteroatoms. The molecule has 0 spiro atoms. The Hall–Kier alpha value is -0.470. The molecule has 4 rings (SSSR count). The Morgan fingerprint density at radius 1 is 1.23 bits per heavy atom. The van der Waals surface area contributed by atoms with E-state index in [2.05, 4.69) is 42.3 Å². The zero-order valence-electron chi connectivity index (χ0n) is 16.9. The zero-order chi connectivity index (χ0) is 18.0. The Morgan fingerprint density at radius 3 is 2.85 bits per heavy atom. The van der Waals surface area contributed by atoms with Crippen molar-refractivity contribution in [3.8, 4) is 0 Å². The summed E-state index contributed by atoms with van der Waals surface area (Å²) < 4.78 is 0. The van der Waals surface area contributed by atoms with Crippen molar-refractivity contribution in [2.45, 2.75) is 75.0 Å². The lowest BCUT2D eigenvalue weighted by Gasteiger charge is -2.32. The highest BCUT2D eigenvalue weighted by Crippen LogP contribution is 2.64. The average molecular weight is 372 g/mol. The monoisotopic (exact) mass is 371 g/mol. The van der Waals surface area contributed by atoms with E-state index in [1.54, 1.807) is 5.56 Å². The summed E-state index contributed by atoms with van der Waals surface area (Å²) in [6, 6.07) is 9.42. The molecule has 144 valence electrons. The lowest BCUT2D eigenvalue weighted by Crippen LogP contribution is -2.24. The Kier molecular flexibility index (Phi) is 6.00. The van der Waals surface area contributed by atoms with Gasteiger partial charge in [-0.3, -0.25) is 0 Å². The minimum Gasteiger partial charge on any atom is -0.303 e. The van der Waals surface area contributed by atoms with Crippen LogP contribution in [0.5, 0.6) is 0 Å². The van der Waals surface area contributed by atoms with E-state index in [1.807, 2.05) is 11.8 Å². The second-order valence-electron chi connectivity index (χ2n) is 9.35. The third-order valence-corrected chi connectivity index (χ3v) is 8.54. The van der Waals surface area contributed by atoms with Gasteiger partial charge < -0.3 is 4.90 Å². The van der Waals surface area contributed by atoms with Crippen LogP contribution < -0.4 is 0 Å². The molecule has 2 aliphatic carbocycles. The minimum absolute atomic E-state index is 0.567. The topological polar surface area (TPSA) is 3.24 Å². The van der Waals surface area contributed by atoms with Crippen molar-refractivity contribution in [1.82, 2.24) is 4.90 Å². The minimum atomic E-state index is 0.567. The molecular formula is C24H37NS. The van der Waals surface area contributed by atoms with Gasteiger partial charge in [0.15, 0.2) is 0 Å². The second kappa shape index (κ2) is 8.27. The summed E-state index contributed by atoms with van der Waals surface area (Å²) in [5, 5.41) is 0. The molecule has 0 aromatic heterocycles. The summed E-state index contributed by atoms with van der Waals surface area (Å²) in [4.78, 5) is 4.11. The fraction of sp³-hybridized carbons (Fsp3) is 0.750. The van der Waals surface area contributed by atoms with Crippen LogP contribution in [-0.4, -0.2) is 30.8 Å². The van der Waals surface area contributed by atoms with E-state index in [-0.39, 0.29) is 0 Å². The molecule has 2 saturated carbocycles. The molecule has 1 aliphatic heterocycles. The van der Waals surface area contributed by atoms with Gasteiger partial charge in [0, 0.05) is 4.90 Å². The first-order valence-corrected chi connectivity index (χ1v) is 12.3. The molecule has 3 unspecified atom stereocenters. The third-order valence-electron chi connectivity index (χ3n) is 7.81. The Balaban J connectivity index is 1.23. The molecule has 3 aliphatic rings. The standard InChI is InChI=1S/C24H37NS/c1-19(8-3-4-13-25-14-5-6-15-25)20-11-12-24(18-22(24)16-20)21-9-7-10-23(17-21)26-2/h7,9-10,17,19-20,22H,3-6,8,11-16,18H2,1-2H3/t19?,20?,22?,24-/m1/s1. The van der Waals surface area contributed by atoms with Gasteiger partial charge in [0.05, 0.1) is 0 Å². The van der Waals surface area contributed by atoms with Gasteiger partial charge in [-0.15, -0.1) is 11.8 Å². The molecule has 1 aromatic rings. The maximum Gasteiger partial charge on any atom is 0.00720 e. The number of fused-ring (bicyclic) bond motifs is 1. The summed E-state index contributed by atoms with van der Waals surface area (Å²) in [7, 11) is 0. The van der Waals surface area contributed by atoms with Crippen molar-refractivity contribution >= 4 is 11.8 Å². The summed E-state index contributed by atoms with van der Waals surface area (Å²) in [5.74, 6) is 2.90. The molecule has 0 amide bonds. The summed E-state index contributed by atoms with van der Waals surface area (Å²) >= 11 is 1.89. The van der Waals surface area contributed by atoms with Gasteiger partial charge in [0.1, 0.15) is 0 Å². The van der Waals surface area contributed by atoms with Crippen molar-refractivity contribution in [3.63, 3.8) is 0 Å². The van der Waals surface area contributed by atoms with Crippen LogP contribution in [0, 0.1) is 17.8 Å². The number of hydrogen-bond acceptors (Lipinski definition) is 2. The Labute approximate surface area is 165 Å². The van der Waals surface area contributed by atoms with E-state index in [4.69, 9.17) is 0 Å². The number of hydrogen-bond donors (Lipinski definition) is 0. The lowest BCUT2D eigenvalue weighted by atomic mass is 9.73. The number of nitrogens with zero attached hydrogens (tertiary/aromatic N) is 1. The quantitative estimate of drug-likeness (QED) is 0.386. The van der Waals surface area contributed by atoms with Crippen molar-refractivity contribution in [2.75, 3.05) is 25.9 Å². The number of thioether (sulfide) groups is 1. The molecular weight excluding hydrogens is 334 g/mol. The fourth-order valence-electron chi connectivity index (χ4n) is 5.91. The van der Waals surface area contributed by atoms with Gasteiger partial charge >= 0.3 is 0 Å². The molecule has 1 saturated heterocycles. The van der Waals surface area contributed by atoms with E-state index < -0.39 is 0 Å². The Morgan fingerprint density at radius 2 is 2.08 bits per heavy atom. The second-order valence-corrected chi connectivity index (χ2v) is 10.2. The smallest absolute Gasteiger partial charge is 0.00720 e. The summed E-state index contributed by atoms with van der Waals surface area (Å²) in [5.41, 5.74) is 2.21. The first-order valence-electron chi connectivity index (χ1n) is 11.1. The van der Waals surface area contributed by atoms with Gasteiger partial charge in [0.25, 0.3) is 0 Å². The first-order chi connectivity index (χ1) is 12.7. The lowest BCUT2D eigenvalue weighted by molar-refractivity contribution is 0.223. The molecule has 1 heterocycles. The normalized spacial score (nSPS) is 32.4. The number of unbranched alkanes of at least 4 members (excludes halogenated alkanes) is 1. The SMILES string of the molecule is CSc1cccc([C@]23CCC(C(C)CCCCN4CCCC4)CC2C3)c1. The van der Waals surface area contributed by atoms with Crippen LogP contribution in [0.15, 0.2) is 29.2 Å². The van der Waals surface area contributed by atoms with Crippen molar-refractivity contribution in [2.24, 2.45) is 17.8 Å². The van der Waals surface area contributed by atoms with E-state index in [0.717, 1.165) is 17.8 Å². The number of benzene rings is 1. The fourth-order valence-corrected chi connectivity index (χ4v) is 6.37. The largest absolute Gasteiger partial charge is 0.303 e. The molecule has 1 nitrogen and oxygen atoms in total. The third kappa shape index (κ3) is 4.02. The highest BCUT2D eigenvalue weighted by Gasteiger charge is 2.57. The zero-order valence-corrected chi connectivity index (χ0v) is 17.7. The van der Waals surface area contributed by atoms with Gasteiger partial charge in [-0.25, -0.2) is 0 Å². The highest BCUT2D eigenvalue weighted by atomic mass is 32.2. The predicted octanol–water partition coefficient (Wildman–Crippen LogP) is 6.37. The molecule has 0 N–H and O–H groups in total. The van der Waals surface area contributed by atoms with E-state index in [0.29, 0.717) is 5.41 Å². The highest BCUT2D eigenvalue weighted by molar-refractivity contribution is 7.98. The molecule has 0 radical (unpaired) electrons. The molecule has 26 heavy (non-hydrogen) atoms. The Bertz CT molecular complexity index is 594. The number of likely N-dealkylation sites (tertiary alicyclic amines) is 1. The molecule has 0 bridgehead atoms. The van der Waals surface area contributed by atoms with Gasteiger partial charge in [-0.05, 0) is 112 Å². The van der Waals surface area contributed by atoms with Crippen LogP contribution in [0.4, 0.5) is 0 Å². The van der Waals surface area contributed by atoms with Crippen molar-refractivity contribution < 1.29 is 0 Å². The van der Waals surface area contributed by atoms with Crippen LogP contribution in [0.25, 0.3) is 0 Å². The van der Waals surface area contributed by atoms with Crippen LogP contribution in [0.3, 0.4) is 0 Å². The van der Waals surface area contributed by atoms with E-state index in [1.165, 1.54) is 82.3 Å². The van der Waals surface area contributed by atoms with Crippen LogP contribution >= 0.6 is 11.8 Å². The van der Waals surface area contributed by atoms with E-state index in [9.17, 15) is 0 Å². The van der Waals surface area contributed by atoms with Gasteiger partial charge in [-0.1, -0.05) is 31.9 Å². The van der Waals surface area contributed by atoms with Crippen LogP contribution in [-0.2, 0) is 5.41 Å². The maximum absolute atomic E-state index is 2.67. The summed E-state index contributed by atoms with van der Waals surface area (Å²) in [6.45, 7) is 6.62. The van der Waals surface area contributed by atoms with Crippen molar-refractivity contribution in [1.29, 1.82) is 0 Å². The molecule has 3 fully saturated rings. The summed E-state index contributed by atoms with van der Waals surface area (Å²) in [6.07, 6.45) is 15.3. The van der Waals surface area contributed by atoms with Crippen molar-refractivity contribution in [3.05, 3.63) is 29.8 Å². The number of rotatable bonds is 8.